The van der Waals surface area contributed by atoms with Crippen molar-refractivity contribution in [3.63, 3.8) is 0 Å². The fraction of sp³-hybridized carbons (Fsp3) is 0.304. The predicted molar refractivity (Wildman–Crippen MR) is 126 cm³/mol. The molecule has 4 heterocycles. The fourth-order valence-electron chi connectivity index (χ4n) is 4.41. The molecule has 34 heavy (non-hydrogen) atoms. The summed E-state index contributed by atoms with van der Waals surface area (Å²) in [5, 5.41) is -0.0395. The Kier molecular flexibility index (Phi) is 5.12. The van der Waals surface area contributed by atoms with E-state index in [9.17, 15) is 14.4 Å². The Morgan fingerprint density at radius 2 is 1.76 bits per heavy atom. The molecule has 3 aromatic heterocycles. The van der Waals surface area contributed by atoms with Gasteiger partial charge in [0.2, 0.25) is 5.28 Å². The number of nitrogens with zero attached hydrogens (tertiary/aromatic N) is 5. The lowest BCUT2D eigenvalue weighted by Crippen LogP contribution is -2.37. The monoisotopic (exact) mass is 483 g/mol. The number of benzene rings is 1. The number of hydrogen-bond acceptors (Lipinski definition) is 6. The van der Waals surface area contributed by atoms with E-state index in [1.165, 1.54) is 23.2 Å². The largest absolute Gasteiger partial charge is 0.486 e. The second-order valence-corrected chi connectivity index (χ2v) is 8.55. The summed E-state index contributed by atoms with van der Waals surface area (Å²) >= 11 is 6.29. The van der Waals surface area contributed by atoms with Crippen LogP contribution in [0.2, 0.25) is 5.28 Å². The maximum absolute atomic E-state index is 13.4. The van der Waals surface area contributed by atoms with Gasteiger partial charge in [0.05, 0.1) is 6.54 Å². The number of fused-ring (bicyclic) bond motifs is 2. The van der Waals surface area contributed by atoms with Crippen LogP contribution < -0.4 is 20.7 Å². The highest BCUT2D eigenvalue weighted by atomic mass is 35.5. The zero-order chi connectivity index (χ0) is 24.3. The Bertz CT molecular complexity index is 1610. The second kappa shape index (κ2) is 7.91. The van der Waals surface area contributed by atoms with Gasteiger partial charge in [0.25, 0.3) is 5.56 Å². The van der Waals surface area contributed by atoms with Crippen LogP contribution >= 0.6 is 11.6 Å². The lowest BCUT2D eigenvalue weighted by molar-refractivity contribution is 0.0972. The average Bonchev–Trinajstić information content (AvgIpc) is 3.31. The summed E-state index contributed by atoms with van der Waals surface area (Å²) in [7, 11) is 2.87. The molecule has 0 unspecified atom stereocenters. The summed E-state index contributed by atoms with van der Waals surface area (Å²) in [6.07, 6.45) is 0. The van der Waals surface area contributed by atoms with Gasteiger partial charge < -0.3 is 18.6 Å². The molecule has 0 aliphatic carbocycles. The van der Waals surface area contributed by atoms with Crippen LogP contribution in [0.5, 0.6) is 11.5 Å². The van der Waals surface area contributed by atoms with Crippen molar-refractivity contribution >= 4 is 28.5 Å². The number of ether oxygens (including phenoxy) is 2. The summed E-state index contributed by atoms with van der Waals surface area (Å²) in [5.41, 5.74) is 2.08. The van der Waals surface area contributed by atoms with Crippen molar-refractivity contribution in [3.8, 4) is 17.2 Å². The second-order valence-electron chi connectivity index (χ2n) is 8.22. The van der Waals surface area contributed by atoms with Crippen molar-refractivity contribution in [2.24, 2.45) is 14.1 Å². The first-order chi connectivity index (χ1) is 16.2. The highest BCUT2D eigenvalue weighted by Crippen LogP contribution is 2.33. The molecule has 0 spiro atoms. The molecule has 0 atom stereocenters. The minimum absolute atomic E-state index is 0.0395. The molecule has 0 saturated carbocycles. The van der Waals surface area contributed by atoms with Gasteiger partial charge in [-0.25, -0.2) is 4.79 Å². The van der Waals surface area contributed by atoms with Gasteiger partial charge in [-0.1, -0.05) is 0 Å². The number of ketones is 1. The van der Waals surface area contributed by atoms with Crippen molar-refractivity contribution in [2.75, 3.05) is 13.2 Å². The van der Waals surface area contributed by atoms with E-state index in [-0.39, 0.29) is 28.8 Å². The Hall–Kier alpha value is -3.79. The zero-order valence-electron chi connectivity index (χ0n) is 19.1. The molecule has 1 aliphatic heterocycles. The van der Waals surface area contributed by atoms with E-state index < -0.39 is 11.2 Å². The Labute approximate surface area is 198 Å². The molecule has 1 aliphatic rings. The quantitative estimate of drug-likeness (QED) is 0.325. The first kappa shape index (κ1) is 22.0. The molecule has 1 aromatic carbocycles. The third-order valence-corrected chi connectivity index (χ3v) is 6.41. The SMILES string of the molecule is Cc1cc(C(=O)Cn2c(Cl)nc3c2c(=O)n(C)c(=O)n3C)c(C)n1-c1ccc2c(c1)OCCO2. The van der Waals surface area contributed by atoms with E-state index in [1.807, 2.05) is 36.6 Å². The van der Waals surface area contributed by atoms with E-state index in [4.69, 9.17) is 21.1 Å². The number of aryl methyl sites for hydroxylation is 2. The Morgan fingerprint density at radius 1 is 1.06 bits per heavy atom. The number of imidazole rings is 1. The van der Waals surface area contributed by atoms with E-state index in [1.54, 1.807) is 6.07 Å². The lowest BCUT2D eigenvalue weighted by Gasteiger charge is -2.20. The third kappa shape index (κ3) is 3.25. The van der Waals surface area contributed by atoms with Crippen LogP contribution in [0.25, 0.3) is 16.9 Å². The molecular formula is C23H22ClN5O5. The molecule has 176 valence electrons. The van der Waals surface area contributed by atoms with Gasteiger partial charge in [0.1, 0.15) is 13.2 Å². The van der Waals surface area contributed by atoms with E-state index in [0.29, 0.717) is 30.3 Å². The summed E-state index contributed by atoms with van der Waals surface area (Å²) in [5.74, 6) is 1.10. The summed E-state index contributed by atoms with van der Waals surface area (Å²) in [6.45, 7) is 4.55. The molecule has 0 N–H and O–H groups in total. The number of carbonyl (C=O) groups excluding carboxylic acids is 1. The molecular weight excluding hydrogens is 462 g/mol. The molecule has 0 saturated heterocycles. The van der Waals surface area contributed by atoms with Crippen LogP contribution in [-0.4, -0.2) is 42.2 Å². The highest BCUT2D eigenvalue weighted by Gasteiger charge is 2.23. The summed E-state index contributed by atoms with van der Waals surface area (Å²) in [6, 6.07) is 7.44. The highest BCUT2D eigenvalue weighted by molar-refractivity contribution is 6.29. The van der Waals surface area contributed by atoms with Crippen LogP contribution in [0.3, 0.4) is 0 Å². The van der Waals surface area contributed by atoms with Crippen LogP contribution in [0.4, 0.5) is 0 Å². The molecule has 10 nitrogen and oxygen atoms in total. The van der Waals surface area contributed by atoms with Crippen LogP contribution in [-0.2, 0) is 20.6 Å². The number of halogens is 1. The maximum Gasteiger partial charge on any atom is 0.332 e. The van der Waals surface area contributed by atoms with Crippen LogP contribution in [0.1, 0.15) is 21.7 Å². The van der Waals surface area contributed by atoms with E-state index in [2.05, 4.69) is 4.98 Å². The standard InChI is InChI=1S/C23H22ClN5O5/c1-12-9-15(13(2)29(12)14-5-6-17-18(10-14)34-8-7-33-17)16(30)11-28-19-20(25-22(28)24)26(3)23(32)27(4)21(19)31/h5-6,9-10H,7-8,11H2,1-4H3. The molecule has 0 amide bonds. The number of rotatable bonds is 4. The number of hydrogen-bond donors (Lipinski definition) is 0. The van der Waals surface area contributed by atoms with Gasteiger partial charge in [-0.05, 0) is 43.6 Å². The summed E-state index contributed by atoms with van der Waals surface area (Å²) in [4.78, 5) is 42.5. The number of carbonyl (C=O) groups is 1. The van der Waals surface area contributed by atoms with Gasteiger partial charge >= 0.3 is 5.69 Å². The smallest absolute Gasteiger partial charge is 0.332 e. The van der Waals surface area contributed by atoms with Crippen molar-refractivity contribution < 1.29 is 14.3 Å². The predicted octanol–water partition coefficient (Wildman–Crippen LogP) is 2.15. The molecule has 5 rings (SSSR count). The Balaban J connectivity index is 1.56. The maximum atomic E-state index is 13.4. The normalized spacial score (nSPS) is 13.0. The van der Waals surface area contributed by atoms with E-state index >= 15 is 0 Å². The van der Waals surface area contributed by atoms with Crippen LogP contribution in [0, 0.1) is 13.8 Å². The minimum Gasteiger partial charge on any atom is -0.486 e. The van der Waals surface area contributed by atoms with E-state index in [0.717, 1.165) is 21.6 Å². The molecule has 11 heteroatoms. The van der Waals surface area contributed by atoms with Crippen molar-refractivity contribution in [3.05, 3.63) is 67.3 Å². The lowest BCUT2D eigenvalue weighted by atomic mass is 10.1. The topological polar surface area (TPSA) is 102 Å². The molecule has 0 radical (unpaired) electrons. The zero-order valence-corrected chi connectivity index (χ0v) is 19.8. The first-order valence-corrected chi connectivity index (χ1v) is 11.0. The average molecular weight is 484 g/mol. The number of Topliss-reactive ketones (excluding diaryl/α,β-unsaturated/α-hetero) is 1. The fourth-order valence-corrected chi connectivity index (χ4v) is 4.63. The molecule has 0 bridgehead atoms. The minimum atomic E-state index is -0.563. The number of aromatic nitrogens is 5. The molecule has 4 aromatic rings. The van der Waals surface area contributed by atoms with Crippen molar-refractivity contribution in [2.45, 2.75) is 20.4 Å². The van der Waals surface area contributed by atoms with Gasteiger partial charge in [0, 0.05) is 42.8 Å². The molecule has 0 fully saturated rings. The third-order valence-electron chi connectivity index (χ3n) is 6.12. The first-order valence-electron chi connectivity index (χ1n) is 10.6. The van der Waals surface area contributed by atoms with Crippen molar-refractivity contribution in [1.82, 2.24) is 23.3 Å². The van der Waals surface area contributed by atoms with Crippen molar-refractivity contribution in [1.29, 1.82) is 0 Å². The van der Waals surface area contributed by atoms with Crippen LogP contribution in [0.15, 0.2) is 33.9 Å². The van der Waals surface area contributed by atoms with Gasteiger partial charge in [-0.3, -0.25) is 18.7 Å². The summed E-state index contributed by atoms with van der Waals surface area (Å²) < 4.78 is 16.8. The van der Waals surface area contributed by atoms with Gasteiger partial charge in [-0.15, -0.1) is 0 Å². The van der Waals surface area contributed by atoms with Gasteiger partial charge in [-0.2, -0.15) is 4.98 Å². The Morgan fingerprint density at radius 3 is 2.50 bits per heavy atom. The van der Waals surface area contributed by atoms with Gasteiger partial charge in [0.15, 0.2) is 28.4 Å².